The Balaban J connectivity index is 2.03. The van der Waals surface area contributed by atoms with Crippen LogP contribution in [0.25, 0.3) is 0 Å². The maximum absolute atomic E-state index is 12.0. The third-order valence-electron chi connectivity index (χ3n) is 3.21. The molecule has 0 fully saturated rings. The maximum atomic E-state index is 12.0. The van der Waals surface area contributed by atoms with Crippen LogP contribution in [0.1, 0.15) is 17.3 Å². The number of carbonyl (C=O) groups excluding carboxylic acids is 2. The molecule has 0 aliphatic rings. The lowest BCUT2D eigenvalue weighted by atomic mass is 10.1. The molecule has 0 atom stereocenters. The van der Waals surface area contributed by atoms with E-state index in [2.05, 4.69) is 0 Å². The van der Waals surface area contributed by atoms with E-state index in [1.807, 2.05) is 0 Å². The fourth-order valence-corrected chi connectivity index (χ4v) is 2.00. The molecule has 2 rings (SSSR count). The molecular weight excluding hydrogens is 312 g/mol. The second kappa shape index (κ2) is 8.01. The molecule has 6 heteroatoms. The molecular formula is C18H18O6. The lowest BCUT2D eigenvalue weighted by Crippen LogP contribution is -2.18. The van der Waals surface area contributed by atoms with Gasteiger partial charge in [-0.05, 0) is 37.3 Å². The third kappa shape index (κ3) is 4.25. The molecule has 0 spiro atoms. The summed E-state index contributed by atoms with van der Waals surface area (Å²) in [5.41, 5.74) is 0.469. The van der Waals surface area contributed by atoms with Crippen molar-refractivity contribution in [2.45, 2.75) is 6.92 Å². The van der Waals surface area contributed by atoms with Crippen molar-refractivity contribution in [2.75, 3.05) is 20.8 Å². The monoisotopic (exact) mass is 330 g/mol. The van der Waals surface area contributed by atoms with Gasteiger partial charge >= 0.3 is 5.97 Å². The topological polar surface area (TPSA) is 71.1 Å². The SMILES string of the molecule is COc1ccccc1OCC(=O)Oc1ccc(C(C)=O)cc1OC. The number of ketones is 1. The van der Waals surface area contributed by atoms with Crippen LogP contribution in [0.4, 0.5) is 0 Å². The van der Waals surface area contributed by atoms with E-state index in [-0.39, 0.29) is 18.1 Å². The van der Waals surface area contributed by atoms with Gasteiger partial charge in [-0.3, -0.25) is 4.79 Å². The van der Waals surface area contributed by atoms with Crippen LogP contribution in [0.5, 0.6) is 23.0 Å². The lowest BCUT2D eigenvalue weighted by molar-refractivity contribution is -0.136. The summed E-state index contributed by atoms with van der Waals surface area (Å²) in [6, 6.07) is 11.6. The predicted molar refractivity (Wildman–Crippen MR) is 87.1 cm³/mol. The van der Waals surface area contributed by atoms with Gasteiger partial charge in [0.05, 0.1) is 14.2 Å². The number of methoxy groups -OCH3 is 2. The van der Waals surface area contributed by atoms with E-state index in [1.54, 1.807) is 30.3 Å². The number of para-hydroxylation sites is 2. The van der Waals surface area contributed by atoms with E-state index in [9.17, 15) is 9.59 Å². The minimum absolute atomic E-state index is 0.106. The third-order valence-corrected chi connectivity index (χ3v) is 3.21. The zero-order chi connectivity index (χ0) is 17.5. The zero-order valence-corrected chi connectivity index (χ0v) is 13.7. The Morgan fingerprint density at radius 1 is 0.875 bits per heavy atom. The number of carbonyl (C=O) groups is 2. The normalized spacial score (nSPS) is 9.96. The van der Waals surface area contributed by atoms with Crippen molar-refractivity contribution in [3.05, 3.63) is 48.0 Å². The highest BCUT2D eigenvalue weighted by Crippen LogP contribution is 2.29. The van der Waals surface area contributed by atoms with Gasteiger partial charge in [-0.2, -0.15) is 0 Å². The van der Waals surface area contributed by atoms with Crippen molar-refractivity contribution in [2.24, 2.45) is 0 Å². The summed E-state index contributed by atoms with van der Waals surface area (Å²) < 4.78 is 20.9. The molecule has 0 aliphatic carbocycles. The quantitative estimate of drug-likeness (QED) is 0.442. The Hall–Kier alpha value is -3.02. The number of esters is 1. The first-order chi connectivity index (χ1) is 11.5. The molecule has 6 nitrogen and oxygen atoms in total. The van der Waals surface area contributed by atoms with Gasteiger partial charge in [-0.25, -0.2) is 4.79 Å². The molecule has 0 saturated carbocycles. The summed E-state index contributed by atoms with van der Waals surface area (Å²) in [5.74, 6) is 0.773. The summed E-state index contributed by atoms with van der Waals surface area (Å²) in [5, 5.41) is 0. The predicted octanol–water partition coefficient (Wildman–Crippen LogP) is 2.89. The molecule has 2 aromatic rings. The number of rotatable bonds is 7. The van der Waals surface area contributed by atoms with Crippen LogP contribution in [0.15, 0.2) is 42.5 Å². The van der Waals surface area contributed by atoms with E-state index >= 15 is 0 Å². The van der Waals surface area contributed by atoms with Crippen LogP contribution < -0.4 is 18.9 Å². The van der Waals surface area contributed by atoms with Crippen LogP contribution in [-0.2, 0) is 4.79 Å². The molecule has 126 valence electrons. The number of ether oxygens (including phenoxy) is 4. The van der Waals surface area contributed by atoms with Crippen LogP contribution in [0, 0.1) is 0 Å². The average Bonchev–Trinajstić information content (AvgIpc) is 2.60. The number of hydrogen-bond donors (Lipinski definition) is 0. The molecule has 0 unspecified atom stereocenters. The summed E-state index contributed by atoms with van der Waals surface area (Å²) in [6.45, 7) is 1.15. The molecule has 2 aromatic carbocycles. The maximum Gasteiger partial charge on any atom is 0.349 e. The fourth-order valence-electron chi connectivity index (χ4n) is 2.00. The lowest BCUT2D eigenvalue weighted by Gasteiger charge is -2.12. The largest absolute Gasteiger partial charge is 0.493 e. The summed E-state index contributed by atoms with van der Waals surface area (Å²) in [6.07, 6.45) is 0. The van der Waals surface area contributed by atoms with Crippen LogP contribution in [-0.4, -0.2) is 32.6 Å². The summed E-state index contributed by atoms with van der Waals surface area (Å²) in [7, 11) is 2.95. The highest BCUT2D eigenvalue weighted by atomic mass is 16.6. The Morgan fingerprint density at radius 2 is 1.54 bits per heavy atom. The van der Waals surface area contributed by atoms with E-state index < -0.39 is 5.97 Å². The smallest absolute Gasteiger partial charge is 0.349 e. The van der Waals surface area contributed by atoms with Crippen molar-refractivity contribution in [1.82, 2.24) is 0 Å². The number of Topliss-reactive ketones (excluding diaryl/α,β-unsaturated/α-hetero) is 1. The fraction of sp³-hybridized carbons (Fsp3) is 0.222. The Labute approximate surface area is 139 Å². The standard InChI is InChI=1S/C18H18O6/c1-12(19)13-8-9-16(17(10-13)22-3)24-18(20)11-23-15-7-5-4-6-14(15)21-2/h4-10H,11H2,1-3H3. The highest BCUT2D eigenvalue weighted by Gasteiger charge is 2.14. The number of benzene rings is 2. The van der Waals surface area contributed by atoms with E-state index in [0.29, 0.717) is 22.8 Å². The first kappa shape index (κ1) is 17.3. The van der Waals surface area contributed by atoms with Crippen LogP contribution in [0.2, 0.25) is 0 Å². The van der Waals surface area contributed by atoms with E-state index in [4.69, 9.17) is 18.9 Å². The minimum Gasteiger partial charge on any atom is -0.493 e. The molecule has 0 heterocycles. The minimum atomic E-state index is -0.602. The average molecular weight is 330 g/mol. The van der Waals surface area contributed by atoms with Crippen molar-refractivity contribution >= 4 is 11.8 Å². The van der Waals surface area contributed by atoms with Gasteiger partial charge in [0, 0.05) is 5.56 Å². The summed E-state index contributed by atoms with van der Waals surface area (Å²) in [4.78, 5) is 23.3. The molecule has 0 aliphatic heterocycles. The van der Waals surface area contributed by atoms with Gasteiger partial charge in [-0.1, -0.05) is 12.1 Å². The van der Waals surface area contributed by atoms with Gasteiger partial charge < -0.3 is 18.9 Å². The Morgan fingerprint density at radius 3 is 2.17 bits per heavy atom. The molecule has 0 saturated heterocycles. The van der Waals surface area contributed by atoms with Gasteiger partial charge in [0.1, 0.15) is 0 Å². The molecule has 0 radical (unpaired) electrons. The molecule has 0 bridgehead atoms. The van der Waals surface area contributed by atoms with Crippen molar-refractivity contribution < 1.29 is 28.5 Å². The zero-order valence-electron chi connectivity index (χ0n) is 13.7. The molecule has 0 aromatic heterocycles. The van der Waals surface area contributed by atoms with Gasteiger partial charge in [-0.15, -0.1) is 0 Å². The van der Waals surface area contributed by atoms with Crippen molar-refractivity contribution in [1.29, 1.82) is 0 Å². The molecule has 24 heavy (non-hydrogen) atoms. The van der Waals surface area contributed by atoms with Crippen LogP contribution >= 0.6 is 0 Å². The first-order valence-electron chi connectivity index (χ1n) is 7.20. The van der Waals surface area contributed by atoms with Gasteiger partial charge in [0.2, 0.25) is 0 Å². The van der Waals surface area contributed by atoms with Gasteiger partial charge in [0.25, 0.3) is 0 Å². The van der Waals surface area contributed by atoms with Crippen molar-refractivity contribution in [3.8, 4) is 23.0 Å². The highest BCUT2D eigenvalue weighted by molar-refractivity contribution is 5.94. The first-order valence-corrected chi connectivity index (χ1v) is 7.20. The van der Waals surface area contributed by atoms with Gasteiger partial charge in [0.15, 0.2) is 35.4 Å². The number of hydrogen-bond acceptors (Lipinski definition) is 6. The summed E-state index contributed by atoms with van der Waals surface area (Å²) >= 11 is 0. The second-order valence-corrected chi connectivity index (χ2v) is 4.84. The Kier molecular flexibility index (Phi) is 5.78. The molecule has 0 amide bonds. The Bertz CT molecular complexity index is 738. The van der Waals surface area contributed by atoms with Crippen LogP contribution in [0.3, 0.4) is 0 Å². The molecule has 0 N–H and O–H groups in total. The van der Waals surface area contributed by atoms with Crippen molar-refractivity contribution in [3.63, 3.8) is 0 Å². The van der Waals surface area contributed by atoms with E-state index in [1.165, 1.54) is 33.3 Å². The second-order valence-electron chi connectivity index (χ2n) is 4.84. The van der Waals surface area contributed by atoms with E-state index in [0.717, 1.165) is 0 Å².